The summed E-state index contributed by atoms with van der Waals surface area (Å²) < 4.78 is 16.5. The number of para-hydroxylation sites is 1. The monoisotopic (exact) mass is 351 g/mol. The van der Waals surface area contributed by atoms with Gasteiger partial charge in [-0.05, 0) is 29.8 Å². The smallest absolute Gasteiger partial charge is 0.287 e. The number of carbonyl (C=O) groups is 1. The number of benzene rings is 2. The summed E-state index contributed by atoms with van der Waals surface area (Å²) in [6.45, 7) is 1.37. The van der Waals surface area contributed by atoms with E-state index < -0.39 is 0 Å². The van der Waals surface area contributed by atoms with Crippen LogP contribution in [0.3, 0.4) is 0 Å². The molecule has 3 aromatic rings. The minimum Gasteiger partial charge on any atom is -0.496 e. The van der Waals surface area contributed by atoms with E-state index in [9.17, 15) is 4.79 Å². The molecule has 0 atom stereocenters. The second-order valence-corrected chi connectivity index (χ2v) is 5.66. The van der Waals surface area contributed by atoms with E-state index >= 15 is 0 Å². The zero-order chi connectivity index (χ0) is 18.2. The number of rotatable bonds is 8. The number of ether oxygens (including phenoxy) is 2. The van der Waals surface area contributed by atoms with Gasteiger partial charge in [0.05, 0.1) is 25.9 Å². The quantitative estimate of drug-likeness (QED) is 0.625. The van der Waals surface area contributed by atoms with Crippen LogP contribution >= 0.6 is 0 Å². The van der Waals surface area contributed by atoms with Crippen molar-refractivity contribution >= 4 is 5.91 Å². The van der Waals surface area contributed by atoms with Crippen molar-refractivity contribution in [1.82, 2.24) is 5.32 Å². The number of nitrogens with one attached hydrogen (secondary N) is 1. The summed E-state index contributed by atoms with van der Waals surface area (Å²) >= 11 is 0. The molecule has 0 aliphatic heterocycles. The summed E-state index contributed by atoms with van der Waals surface area (Å²) in [7, 11) is 1.60. The van der Waals surface area contributed by atoms with Crippen LogP contribution in [0.5, 0.6) is 5.75 Å². The van der Waals surface area contributed by atoms with Gasteiger partial charge in [-0.3, -0.25) is 4.79 Å². The Balaban J connectivity index is 1.49. The van der Waals surface area contributed by atoms with Gasteiger partial charge in [0.1, 0.15) is 11.5 Å². The molecule has 0 saturated heterocycles. The second kappa shape index (κ2) is 8.87. The van der Waals surface area contributed by atoms with Crippen molar-refractivity contribution in [2.24, 2.45) is 0 Å². The number of furan rings is 1. The molecule has 0 bridgehead atoms. The van der Waals surface area contributed by atoms with Gasteiger partial charge in [-0.1, -0.05) is 42.5 Å². The van der Waals surface area contributed by atoms with Crippen molar-refractivity contribution < 1.29 is 18.7 Å². The van der Waals surface area contributed by atoms with Gasteiger partial charge >= 0.3 is 0 Å². The number of hydrogen-bond donors (Lipinski definition) is 1. The predicted molar refractivity (Wildman–Crippen MR) is 99.1 cm³/mol. The first kappa shape index (κ1) is 17.8. The minimum absolute atomic E-state index is 0.258. The van der Waals surface area contributed by atoms with Crippen LogP contribution in [0.4, 0.5) is 0 Å². The molecule has 1 heterocycles. The molecule has 1 amide bonds. The first-order valence-corrected chi connectivity index (χ1v) is 8.41. The summed E-state index contributed by atoms with van der Waals surface area (Å²) in [4.78, 5) is 12.2. The molecule has 3 rings (SSSR count). The Morgan fingerprint density at radius 2 is 1.77 bits per heavy atom. The van der Waals surface area contributed by atoms with Gasteiger partial charge in [0, 0.05) is 6.54 Å². The van der Waals surface area contributed by atoms with E-state index in [1.54, 1.807) is 19.2 Å². The second-order valence-electron chi connectivity index (χ2n) is 5.66. The lowest BCUT2D eigenvalue weighted by Gasteiger charge is -2.06. The van der Waals surface area contributed by atoms with Crippen LogP contribution in [-0.2, 0) is 11.3 Å². The summed E-state index contributed by atoms with van der Waals surface area (Å²) in [5, 5.41) is 2.79. The Hall–Kier alpha value is -3.05. The number of methoxy groups -OCH3 is 1. The highest BCUT2D eigenvalue weighted by Crippen LogP contribution is 2.30. The van der Waals surface area contributed by atoms with Crippen LogP contribution in [0.15, 0.2) is 71.1 Å². The van der Waals surface area contributed by atoms with Crippen molar-refractivity contribution in [3.05, 3.63) is 78.1 Å². The van der Waals surface area contributed by atoms with Gasteiger partial charge in [-0.2, -0.15) is 0 Å². The highest BCUT2D eigenvalue weighted by Gasteiger charge is 2.14. The maximum Gasteiger partial charge on any atom is 0.287 e. The zero-order valence-corrected chi connectivity index (χ0v) is 14.6. The highest BCUT2D eigenvalue weighted by atomic mass is 16.5. The Morgan fingerprint density at radius 3 is 2.58 bits per heavy atom. The van der Waals surface area contributed by atoms with Crippen LogP contribution in [-0.4, -0.2) is 26.2 Å². The molecule has 5 nitrogen and oxygen atoms in total. The van der Waals surface area contributed by atoms with E-state index in [2.05, 4.69) is 5.32 Å². The zero-order valence-electron chi connectivity index (χ0n) is 14.6. The van der Waals surface area contributed by atoms with E-state index in [1.807, 2.05) is 54.6 Å². The van der Waals surface area contributed by atoms with E-state index in [0.717, 1.165) is 11.1 Å². The summed E-state index contributed by atoms with van der Waals surface area (Å²) in [6.07, 6.45) is 0. The van der Waals surface area contributed by atoms with Crippen LogP contribution < -0.4 is 10.1 Å². The van der Waals surface area contributed by atoms with Crippen LogP contribution in [0, 0.1) is 0 Å². The standard InChI is InChI=1S/C21H21NO4/c1-24-18-10-6-5-9-17(18)19-11-12-20(26-19)21(23)22-13-14-25-15-16-7-3-2-4-8-16/h2-12H,13-15H2,1H3,(H,22,23). The molecule has 134 valence electrons. The first-order valence-electron chi connectivity index (χ1n) is 8.41. The van der Waals surface area contributed by atoms with Gasteiger partial charge in [0.2, 0.25) is 0 Å². The van der Waals surface area contributed by atoms with Crippen molar-refractivity contribution in [2.45, 2.75) is 6.61 Å². The van der Waals surface area contributed by atoms with E-state index in [0.29, 0.717) is 31.3 Å². The number of carbonyl (C=O) groups excluding carboxylic acids is 1. The molecule has 0 aliphatic rings. The number of hydrogen-bond acceptors (Lipinski definition) is 4. The third kappa shape index (κ3) is 4.52. The predicted octanol–water partition coefficient (Wildman–Crippen LogP) is 3.90. The van der Waals surface area contributed by atoms with Crippen LogP contribution in [0.2, 0.25) is 0 Å². The van der Waals surface area contributed by atoms with Crippen LogP contribution in [0.25, 0.3) is 11.3 Å². The Kier molecular flexibility index (Phi) is 6.06. The Labute approximate surface area is 152 Å². The molecule has 1 aromatic heterocycles. The Morgan fingerprint density at radius 1 is 1.00 bits per heavy atom. The van der Waals surface area contributed by atoms with E-state index in [4.69, 9.17) is 13.9 Å². The fourth-order valence-electron chi connectivity index (χ4n) is 2.54. The molecule has 1 N–H and O–H groups in total. The first-order chi connectivity index (χ1) is 12.8. The largest absolute Gasteiger partial charge is 0.496 e. The van der Waals surface area contributed by atoms with Gasteiger partial charge in [0.15, 0.2) is 5.76 Å². The molecule has 0 saturated carbocycles. The van der Waals surface area contributed by atoms with Crippen molar-refractivity contribution in [3.63, 3.8) is 0 Å². The molecule has 0 unspecified atom stereocenters. The van der Waals surface area contributed by atoms with Crippen molar-refractivity contribution in [3.8, 4) is 17.1 Å². The summed E-state index contributed by atoms with van der Waals surface area (Å²) in [6, 6.07) is 20.8. The van der Waals surface area contributed by atoms with E-state index in [1.165, 1.54) is 0 Å². The maximum absolute atomic E-state index is 12.2. The maximum atomic E-state index is 12.2. The fraction of sp³-hybridized carbons (Fsp3) is 0.190. The lowest BCUT2D eigenvalue weighted by Crippen LogP contribution is -2.26. The summed E-state index contributed by atoms with van der Waals surface area (Å²) in [5.41, 5.74) is 1.91. The normalized spacial score (nSPS) is 10.5. The van der Waals surface area contributed by atoms with Crippen LogP contribution in [0.1, 0.15) is 16.1 Å². The highest BCUT2D eigenvalue weighted by molar-refractivity contribution is 5.92. The topological polar surface area (TPSA) is 60.7 Å². The molecule has 0 spiro atoms. The lowest BCUT2D eigenvalue weighted by molar-refractivity contribution is 0.0876. The minimum atomic E-state index is -0.269. The molecule has 26 heavy (non-hydrogen) atoms. The Bertz CT molecular complexity index is 842. The molecule has 0 fully saturated rings. The van der Waals surface area contributed by atoms with Gasteiger partial charge in [0.25, 0.3) is 5.91 Å². The average molecular weight is 351 g/mol. The molecular weight excluding hydrogens is 330 g/mol. The van der Waals surface area contributed by atoms with Crippen molar-refractivity contribution in [2.75, 3.05) is 20.3 Å². The molecular formula is C21H21NO4. The fourth-order valence-corrected chi connectivity index (χ4v) is 2.54. The third-order valence-electron chi connectivity index (χ3n) is 3.85. The molecule has 5 heteroatoms. The summed E-state index contributed by atoms with van der Waals surface area (Å²) in [5.74, 6) is 1.28. The number of amides is 1. The average Bonchev–Trinajstić information content (AvgIpc) is 3.18. The van der Waals surface area contributed by atoms with E-state index in [-0.39, 0.29) is 11.7 Å². The lowest BCUT2D eigenvalue weighted by atomic mass is 10.1. The third-order valence-corrected chi connectivity index (χ3v) is 3.85. The molecule has 0 aliphatic carbocycles. The van der Waals surface area contributed by atoms with Gasteiger partial charge in [-0.25, -0.2) is 0 Å². The molecule has 2 aromatic carbocycles. The molecule has 0 radical (unpaired) electrons. The van der Waals surface area contributed by atoms with Crippen molar-refractivity contribution in [1.29, 1.82) is 0 Å². The SMILES string of the molecule is COc1ccccc1-c1ccc(C(=O)NCCOCc2ccccc2)o1. The van der Waals surface area contributed by atoms with Gasteiger partial charge < -0.3 is 19.2 Å². The van der Waals surface area contributed by atoms with Gasteiger partial charge in [-0.15, -0.1) is 0 Å².